The zero-order valence-electron chi connectivity index (χ0n) is 8.26. The summed E-state index contributed by atoms with van der Waals surface area (Å²) in [6.45, 7) is 3.08. The van der Waals surface area contributed by atoms with Gasteiger partial charge in [0, 0.05) is 12.2 Å². The fourth-order valence-electron chi connectivity index (χ4n) is 1.60. The van der Waals surface area contributed by atoms with Gasteiger partial charge >= 0.3 is 0 Å². The van der Waals surface area contributed by atoms with Crippen LogP contribution in [0, 0.1) is 17.7 Å². The Morgan fingerprint density at radius 3 is 2.86 bits per heavy atom. The van der Waals surface area contributed by atoms with Crippen molar-refractivity contribution >= 4 is 11.4 Å². The van der Waals surface area contributed by atoms with E-state index in [1.165, 1.54) is 12.5 Å². The Bertz CT molecular complexity index is 338. The Balaban J connectivity index is 1.95. The van der Waals surface area contributed by atoms with Gasteiger partial charge in [-0.2, -0.15) is 0 Å². The lowest BCUT2D eigenvalue weighted by Crippen LogP contribution is -2.06. The van der Waals surface area contributed by atoms with Crippen LogP contribution in [0.5, 0.6) is 0 Å². The first-order chi connectivity index (χ1) is 6.66. The quantitative estimate of drug-likeness (QED) is 0.725. The third kappa shape index (κ3) is 1.97. The van der Waals surface area contributed by atoms with Crippen molar-refractivity contribution in [3.63, 3.8) is 0 Å². The van der Waals surface area contributed by atoms with Gasteiger partial charge in [0.1, 0.15) is 5.82 Å². The van der Waals surface area contributed by atoms with Crippen LogP contribution in [0.2, 0.25) is 0 Å². The molecular formula is C11H15FN2. The molecule has 0 aliphatic heterocycles. The van der Waals surface area contributed by atoms with Gasteiger partial charge in [-0.15, -0.1) is 0 Å². The minimum absolute atomic E-state index is 0.265. The van der Waals surface area contributed by atoms with E-state index in [-0.39, 0.29) is 5.82 Å². The number of nitrogen functional groups attached to an aromatic ring is 1. The van der Waals surface area contributed by atoms with Gasteiger partial charge in [-0.05, 0) is 36.5 Å². The van der Waals surface area contributed by atoms with Gasteiger partial charge in [-0.25, -0.2) is 4.39 Å². The first kappa shape index (κ1) is 9.31. The maximum atomic E-state index is 13.3. The molecule has 2 atom stereocenters. The molecule has 0 aromatic heterocycles. The molecule has 0 heterocycles. The average molecular weight is 194 g/mol. The highest BCUT2D eigenvalue weighted by atomic mass is 19.1. The molecule has 3 N–H and O–H groups in total. The first-order valence-electron chi connectivity index (χ1n) is 4.95. The van der Waals surface area contributed by atoms with E-state index in [9.17, 15) is 4.39 Å². The second kappa shape index (κ2) is 3.48. The lowest BCUT2D eigenvalue weighted by molar-refractivity contribution is 0.629. The topological polar surface area (TPSA) is 38.0 Å². The van der Waals surface area contributed by atoms with Crippen molar-refractivity contribution in [3.8, 4) is 0 Å². The van der Waals surface area contributed by atoms with E-state index >= 15 is 0 Å². The van der Waals surface area contributed by atoms with Gasteiger partial charge in [-0.3, -0.25) is 0 Å². The third-order valence-corrected chi connectivity index (χ3v) is 2.82. The number of halogens is 1. The second-order valence-corrected chi connectivity index (χ2v) is 4.09. The predicted octanol–water partition coefficient (Wildman–Crippen LogP) is 2.48. The van der Waals surface area contributed by atoms with Crippen LogP contribution in [0.1, 0.15) is 13.3 Å². The summed E-state index contributed by atoms with van der Waals surface area (Å²) in [6, 6.07) is 4.75. The molecule has 0 spiro atoms. The van der Waals surface area contributed by atoms with E-state index in [0.717, 1.165) is 12.5 Å². The summed E-state index contributed by atoms with van der Waals surface area (Å²) >= 11 is 0. The molecule has 2 rings (SSSR count). The van der Waals surface area contributed by atoms with Crippen LogP contribution >= 0.6 is 0 Å². The van der Waals surface area contributed by atoms with Crippen LogP contribution in [0.15, 0.2) is 18.2 Å². The number of hydrogen-bond donors (Lipinski definition) is 2. The van der Waals surface area contributed by atoms with E-state index < -0.39 is 0 Å². The number of rotatable bonds is 3. The summed E-state index contributed by atoms with van der Waals surface area (Å²) in [6.07, 6.45) is 1.25. The zero-order valence-corrected chi connectivity index (χ0v) is 8.26. The van der Waals surface area contributed by atoms with E-state index in [1.807, 2.05) is 0 Å². The van der Waals surface area contributed by atoms with Crippen molar-refractivity contribution in [1.82, 2.24) is 0 Å². The molecule has 76 valence electrons. The van der Waals surface area contributed by atoms with E-state index in [0.29, 0.717) is 17.3 Å². The summed E-state index contributed by atoms with van der Waals surface area (Å²) in [5.41, 5.74) is 6.47. The highest BCUT2D eigenvalue weighted by Crippen LogP contribution is 2.37. The SMILES string of the molecule is CC1CC1CNc1ccc(N)cc1F. The van der Waals surface area contributed by atoms with Crippen LogP contribution in [-0.2, 0) is 0 Å². The summed E-state index contributed by atoms with van der Waals surface area (Å²) in [7, 11) is 0. The first-order valence-corrected chi connectivity index (χ1v) is 4.95. The molecule has 2 unspecified atom stereocenters. The molecule has 0 amide bonds. The summed E-state index contributed by atoms with van der Waals surface area (Å²) in [4.78, 5) is 0. The summed E-state index contributed by atoms with van der Waals surface area (Å²) < 4.78 is 13.3. The standard InChI is InChI=1S/C11H15FN2/c1-7-4-8(7)6-14-11-3-2-9(13)5-10(11)12/h2-3,5,7-8,14H,4,6,13H2,1H3. The van der Waals surface area contributed by atoms with E-state index in [4.69, 9.17) is 5.73 Å². The van der Waals surface area contributed by atoms with Crippen molar-refractivity contribution in [2.24, 2.45) is 11.8 Å². The maximum Gasteiger partial charge on any atom is 0.148 e. The number of nitrogens with two attached hydrogens (primary N) is 1. The minimum atomic E-state index is -0.265. The van der Waals surface area contributed by atoms with Crippen molar-refractivity contribution in [2.75, 3.05) is 17.6 Å². The minimum Gasteiger partial charge on any atom is -0.399 e. The zero-order chi connectivity index (χ0) is 10.1. The van der Waals surface area contributed by atoms with Gasteiger partial charge in [0.2, 0.25) is 0 Å². The molecule has 0 saturated heterocycles. The molecule has 1 saturated carbocycles. The molecule has 2 nitrogen and oxygen atoms in total. The van der Waals surface area contributed by atoms with Gasteiger partial charge in [0.25, 0.3) is 0 Å². The highest BCUT2D eigenvalue weighted by molar-refractivity contribution is 5.52. The molecule has 1 aromatic rings. The van der Waals surface area contributed by atoms with Gasteiger partial charge < -0.3 is 11.1 Å². The normalized spacial score (nSPS) is 24.7. The van der Waals surface area contributed by atoms with Crippen molar-refractivity contribution in [2.45, 2.75) is 13.3 Å². The number of anilines is 2. The predicted molar refractivity (Wildman–Crippen MR) is 56.6 cm³/mol. The van der Waals surface area contributed by atoms with E-state index in [2.05, 4.69) is 12.2 Å². The fraction of sp³-hybridized carbons (Fsp3) is 0.455. The van der Waals surface area contributed by atoms with Crippen LogP contribution in [0.4, 0.5) is 15.8 Å². The molecule has 3 heteroatoms. The largest absolute Gasteiger partial charge is 0.399 e. The molecule has 1 aliphatic carbocycles. The number of benzene rings is 1. The van der Waals surface area contributed by atoms with Crippen LogP contribution in [0.25, 0.3) is 0 Å². The Kier molecular flexibility index (Phi) is 2.32. The molecule has 1 aromatic carbocycles. The Labute approximate surface area is 83.3 Å². The van der Waals surface area contributed by atoms with Gasteiger partial charge in [0.05, 0.1) is 5.69 Å². The Morgan fingerprint density at radius 2 is 2.29 bits per heavy atom. The molecule has 0 bridgehead atoms. The Morgan fingerprint density at radius 1 is 1.57 bits per heavy atom. The van der Waals surface area contributed by atoms with Crippen molar-refractivity contribution in [1.29, 1.82) is 0 Å². The second-order valence-electron chi connectivity index (χ2n) is 4.09. The molecule has 1 aliphatic rings. The third-order valence-electron chi connectivity index (χ3n) is 2.82. The van der Waals surface area contributed by atoms with Crippen LogP contribution in [-0.4, -0.2) is 6.54 Å². The van der Waals surface area contributed by atoms with Gasteiger partial charge in [-0.1, -0.05) is 6.92 Å². The fourth-order valence-corrected chi connectivity index (χ4v) is 1.60. The monoisotopic (exact) mass is 194 g/mol. The maximum absolute atomic E-state index is 13.3. The lowest BCUT2D eigenvalue weighted by atomic mass is 10.2. The average Bonchev–Trinajstić information content (AvgIpc) is 2.80. The Hall–Kier alpha value is -1.25. The van der Waals surface area contributed by atoms with Crippen LogP contribution < -0.4 is 11.1 Å². The number of nitrogens with one attached hydrogen (secondary N) is 1. The van der Waals surface area contributed by atoms with Crippen molar-refractivity contribution < 1.29 is 4.39 Å². The van der Waals surface area contributed by atoms with Crippen LogP contribution in [0.3, 0.4) is 0 Å². The summed E-state index contributed by atoms with van der Waals surface area (Å²) in [5.74, 6) is 1.24. The van der Waals surface area contributed by atoms with Crippen molar-refractivity contribution in [3.05, 3.63) is 24.0 Å². The molecule has 1 fully saturated rings. The van der Waals surface area contributed by atoms with E-state index in [1.54, 1.807) is 12.1 Å². The highest BCUT2D eigenvalue weighted by Gasteiger charge is 2.31. The molecule has 14 heavy (non-hydrogen) atoms. The lowest BCUT2D eigenvalue weighted by Gasteiger charge is -2.07. The molecule has 0 radical (unpaired) electrons. The molecular weight excluding hydrogens is 179 g/mol. The van der Waals surface area contributed by atoms with Gasteiger partial charge in [0.15, 0.2) is 0 Å². The smallest absolute Gasteiger partial charge is 0.148 e. The summed E-state index contributed by atoms with van der Waals surface area (Å²) in [5, 5.41) is 3.10. The number of hydrogen-bond acceptors (Lipinski definition) is 2.